The van der Waals surface area contributed by atoms with E-state index in [1.54, 1.807) is 30.5 Å². The van der Waals surface area contributed by atoms with Gasteiger partial charge in [-0.2, -0.15) is 0 Å². The van der Waals surface area contributed by atoms with E-state index in [2.05, 4.69) is 20.6 Å². The van der Waals surface area contributed by atoms with Crippen LogP contribution >= 0.6 is 11.6 Å². The summed E-state index contributed by atoms with van der Waals surface area (Å²) in [4.78, 5) is 12.2. The first-order valence-corrected chi connectivity index (χ1v) is 8.43. The summed E-state index contributed by atoms with van der Waals surface area (Å²) in [6, 6.07) is 12.6. The maximum Gasteiger partial charge on any atom is 0.361 e. The van der Waals surface area contributed by atoms with Crippen LogP contribution in [0, 0.1) is 5.82 Å². The average Bonchev–Trinajstić information content (AvgIpc) is 3.35. The van der Waals surface area contributed by atoms with E-state index in [1.165, 1.54) is 40.7 Å². The molecule has 0 aliphatic rings. The van der Waals surface area contributed by atoms with Crippen molar-refractivity contribution in [3.63, 3.8) is 0 Å². The minimum absolute atomic E-state index is 0.0324. The molecule has 0 fully saturated rings. The summed E-state index contributed by atoms with van der Waals surface area (Å²) in [5.41, 5.74) is 1.81. The number of nitrogens with zero attached hydrogens (tertiary/aromatic N) is 6. The number of carbonyl (C=O) groups excluding carboxylic acids is 1. The molecule has 4 aromatic rings. The lowest BCUT2D eigenvalue weighted by atomic mass is 10.2. The van der Waals surface area contributed by atoms with Gasteiger partial charge in [0.2, 0.25) is 5.69 Å². The number of aromatic nitrogens is 6. The molecular weight excluding hydrogens is 387 g/mol. The van der Waals surface area contributed by atoms with Crippen LogP contribution in [0.1, 0.15) is 10.5 Å². The molecule has 8 nitrogen and oxygen atoms in total. The molecule has 0 atom stereocenters. The van der Waals surface area contributed by atoms with Gasteiger partial charge in [-0.25, -0.2) is 18.5 Å². The average molecular weight is 399 g/mol. The third-order valence-electron chi connectivity index (χ3n) is 3.95. The lowest BCUT2D eigenvalue weighted by molar-refractivity contribution is 0.0595. The zero-order valence-electron chi connectivity index (χ0n) is 14.5. The number of esters is 1. The van der Waals surface area contributed by atoms with Crippen molar-refractivity contribution in [1.29, 1.82) is 0 Å². The smallest absolute Gasteiger partial charge is 0.361 e. The normalized spacial score (nSPS) is 10.8. The molecule has 0 amide bonds. The van der Waals surface area contributed by atoms with Crippen LogP contribution in [0.2, 0.25) is 5.02 Å². The molecule has 0 aliphatic carbocycles. The number of hydrogen-bond acceptors (Lipinski definition) is 6. The van der Waals surface area contributed by atoms with Gasteiger partial charge in [0.1, 0.15) is 17.2 Å². The second kappa shape index (κ2) is 7.20. The standard InChI is InChI=1S/C18H12ClFN6O2/c1-28-18(27)16-17(26(24-22-16)14-8-4-12(20)5-9-14)15-10-25(23-21-15)13-6-2-11(19)3-7-13/h2-10H,1H3. The Morgan fingerprint density at radius 2 is 1.68 bits per heavy atom. The van der Waals surface area contributed by atoms with E-state index >= 15 is 0 Å². The minimum atomic E-state index is -0.676. The molecule has 2 heterocycles. The highest BCUT2D eigenvalue weighted by atomic mass is 35.5. The molecule has 0 unspecified atom stereocenters. The molecule has 0 saturated heterocycles. The predicted octanol–water partition coefficient (Wildman–Crippen LogP) is 3.09. The molecule has 0 aliphatic heterocycles. The van der Waals surface area contributed by atoms with Crippen molar-refractivity contribution in [3.8, 4) is 22.8 Å². The van der Waals surface area contributed by atoms with Gasteiger partial charge in [0.25, 0.3) is 0 Å². The molecule has 0 N–H and O–H groups in total. The van der Waals surface area contributed by atoms with E-state index in [0.29, 0.717) is 16.4 Å². The Labute approximate surface area is 163 Å². The third-order valence-corrected chi connectivity index (χ3v) is 4.20. The Balaban J connectivity index is 1.84. The Hall–Kier alpha value is -3.59. The SMILES string of the molecule is COC(=O)c1nnn(-c2ccc(F)cc2)c1-c1cn(-c2ccc(Cl)cc2)nn1. The molecule has 2 aromatic carbocycles. The highest BCUT2D eigenvalue weighted by Gasteiger charge is 2.25. The summed E-state index contributed by atoms with van der Waals surface area (Å²) < 4.78 is 21.0. The molecule has 28 heavy (non-hydrogen) atoms. The first-order chi connectivity index (χ1) is 13.6. The highest BCUT2D eigenvalue weighted by molar-refractivity contribution is 6.30. The van der Waals surface area contributed by atoms with Crippen molar-refractivity contribution in [3.05, 3.63) is 71.3 Å². The van der Waals surface area contributed by atoms with Crippen LogP contribution in [0.3, 0.4) is 0 Å². The van der Waals surface area contributed by atoms with Gasteiger partial charge in [0.05, 0.1) is 24.7 Å². The van der Waals surface area contributed by atoms with Crippen molar-refractivity contribution in [1.82, 2.24) is 30.0 Å². The highest BCUT2D eigenvalue weighted by Crippen LogP contribution is 2.25. The Bertz CT molecular complexity index is 1140. The number of benzene rings is 2. The molecule has 4 rings (SSSR count). The van der Waals surface area contributed by atoms with Crippen LogP contribution in [-0.2, 0) is 4.74 Å². The monoisotopic (exact) mass is 398 g/mol. The molecular formula is C18H12ClFN6O2. The second-order valence-electron chi connectivity index (χ2n) is 5.69. The van der Waals surface area contributed by atoms with Crippen molar-refractivity contribution in [2.75, 3.05) is 7.11 Å². The molecule has 10 heteroatoms. The fourth-order valence-corrected chi connectivity index (χ4v) is 2.73. The molecule has 2 aromatic heterocycles. The fraction of sp³-hybridized carbons (Fsp3) is 0.0556. The van der Waals surface area contributed by atoms with Crippen LogP contribution < -0.4 is 0 Å². The van der Waals surface area contributed by atoms with Crippen LogP contribution in [-0.4, -0.2) is 43.1 Å². The molecule has 0 bridgehead atoms. The molecule has 0 spiro atoms. The van der Waals surface area contributed by atoms with Gasteiger partial charge < -0.3 is 4.74 Å². The van der Waals surface area contributed by atoms with Crippen molar-refractivity contribution in [2.45, 2.75) is 0 Å². The van der Waals surface area contributed by atoms with E-state index in [4.69, 9.17) is 16.3 Å². The van der Waals surface area contributed by atoms with Gasteiger partial charge in [0.15, 0.2) is 0 Å². The van der Waals surface area contributed by atoms with Gasteiger partial charge in [-0.1, -0.05) is 22.0 Å². The zero-order chi connectivity index (χ0) is 19.7. The first kappa shape index (κ1) is 17.8. The van der Waals surface area contributed by atoms with Crippen LogP contribution in [0.4, 0.5) is 4.39 Å². The van der Waals surface area contributed by atoms with Gasteiger partial charge in [0, 0.05) is 5.02 Å². The van der Waals surface area contributed by atoms with E-state index in [9.17, 15) is 9.18 Å². The Morgan fingerprint density at radius 1 is 1.00 bits per heavy atom. The quantitative estimate of drug-likeness (QED) is 0.491. The van der Waals surface area contributed by atoms with Gasteiger partial charge in [-0.3, -0.25) is 0 Å². The van der Waals surface area contributed by atoms with E-state index < -0.39 is 11.8 Å². The van der Waals surface area contributed by atoms with Crippen molar-refractivity contribution in [2.24, 2.45) is 0 Å². The fourth-order valence-electron chi connectivity index (χ4n) is 2.60. The van der Waals surface area contributed by atoms with Crippen LogP contribution in [0.15, 0.2) is 54.7 Å². The van der Waals surface area contributed by atoms with Crippen LogP contribution in [0.5, 0.6) is 0 Å². The van der Waals surface area contributed by atoms with E-state index in [0.717, 1.165) is 5.69 Å². The number of carbonyl (C=O) groups is 1. The van der Waals surface area contributed by atoms with Gasteiger partial charge in [-0.05, 0) is 48.5 Å². The molecule has 0 saturated carbocycles. The zero-order valence-corrected chi connectivity index (χ0v) is 15.2. The maximum atomic E-state index is 13.3. The number of ether oxygens (including phenoxy) is 1. The first-order valence-electron chi connectivity index (χ1n) is 8.05. The number of hydrogen-bond donors (Lipinski definition) is 0. The summed E-state index contributed by atoms with van der Waals surface area (Å²) in [5, 5.41) is 16.7. The van der Waals surface area contributed by atoms with Crippen molar-refractivity contribution < 1.29 is 13.9 Å². The summed E-state index contributed by atoms with van der Waals surface area (Å²) in [5.74, 6) is -1.07. The van der Waals surface area contributed by atoms with Gasteiger partial charge >= 0.3 is 5.97 Å². The number of rotatable bonds is 4. The van der Waals surface area contributed by atoms with E-state index in [1.807, 2.05) is 0 Å². The lowest BCUT2D eigenvalue weighted by Crippen LogP contribution is -2.06. The Kier molecular flexibility index (Phi) is 4.58. The summed E-state index contributed by atoms with van der Waals surface area (Å²) >= 11 is 5.91. The largest absolute Gasteiger partial charge is 0.464 e. The Morgan fingerprint density at radius 3 is 2.36 bits per heavy atom. The molecule has 140 valence electrons. The summed E-state index contributed by atoms with van der Waals surface area (Å²) in [6.07, 6.45) is 1.62. The lowest BCUT2D eigenvalue weighted by Gasteiger charge is -2.05. The maximum absolute atomic E-state index is 13.3. The topological polar surface area (TPSA) is 87.7 Å². The summed E-state index contributed by atoms with van der Waals surface area (Å²) in [7, 11) is 1.24. The number of halogens is 2. The van der Waals surface area contributed by atoms with Crippen LogP contribution in [0.25, 0.3) is 22.8 Å². The molecule has 0 radical (unpaired) electrons. The predicted molar refractivity (Wildman–Crippen MR) is 98.0 cm³/mol. The number of methoxy groups -OCH3 is 1. The third kappa shape index (κ3) is 3.23. The van der Waals surface area contributed by atoms with E-state index in [-0.39, 0.29) is 11.4 Å². The van der Waals surface area contributed by atoms with Crippen molar-refractivity contribution >= 4 is 17.6 Å². The second-order valence-corrected chi connectivity index (χ2v) is 6.13. The van der Waals surface area contributed by atoms with Gasteiger partial charge in [-0.15, -0.1) is 10.2 Å². The minimum Gasteiger partial charge on any atom is -0.464 e. The summed E-state index contributed by atoms with van der Waals surface area (Å²) in [6.45, 7) is 0.